The van der Waals surface area contributed by atoms with Crippen LogP contribution in [-0.4, -0.2) is 50.6 Å². The van der Waals surface area contributed by atoms with Crippen molar-refractivity contribution in [3.63, 3.8) is 0 Å². The molecular weight excluding hydrogens is 277 g/mol. The Morgan fingerprint density at radius 2 is 1.95 bits per heavy atom. The van der Waals surface area contributed by atoms with Gasteiger partial charge in [-0.05, 0) is 24.3 Å². The number of rotatable bonds is 7. The number of methoxy groups -OCH3 is 1. The Labute approximate surface area is 110 Å². The summed E-state index contributed by atoms with van der Waals surface area (Å²) in [5.41, 5.74) is 0. The van der Waals surface area contributed by atoms with E-state index in [1.165, 1.54) is 7.11 Å². The first-order valence-corrected chi connectivity index (χ1v) is 6.78. The first-order valence-electron chi connectivity index (χ1n) is 5.34. The van der Waals surface area contributed by atoms with Gasteiger partial charge in [0.25, 0.3) is 0 Å². The summed E-state index contributed by atoms with van der Waals surface area (Å²) in [4.78, 5) is 10.5. The summed E-state index contributed by atoms with van der Waals surface area (Å²) >= 11 is 0. The first-order chi connectivity index (χ1) is 8.87. The van der Waals surface area contributed by atoms with Crippen molar-refractivity contribution in [2.75, 3.05) is 26.8 Å². The number of hydrogen-bond acceptors (Lipinski definition) is 4. The standard InChI is InChI=1S/C11H14FNO5S/c1-18-7-6-13(8-11(14)15)19(16,17)10-4-2-9(12)3-5-10/h2-5H,6-8H2,1H3,(H,14,15). The van der Waals surface area contributed by atoms with Gasteiger partial charge in [-0.25, -0.2) is 12.8 Å². The summed E-state index contributed by atoms with van der Waals surface area (Å²) in [5.74, 6) is -1.84. The third kappa shape index (κ3) is 4.27. The molecule has 0 aromatic heterocycles. The number of ether oxygens (including phenoxy) is 1. The third-order valence-corrected chi connectivity index (χ3v) is 4.17. The Kier molecular flexibility index (Phi) is 5.40. The number of aliphatic carboxylic acids is 1. The van der Waals surface area contributed by atoms with E-state index < -0.39 is 28.4 Å². The minimum atomic E-state index is -3.98. The Balaban J connectivity index is 3.03. The minimum absolute atomic E-state index is 0.0632. The minimum Gasteiger partial charge on any atom is -0.480 e. The summed E-state index contributed by atoms with van der Waals surface area (Å²) in [7, 11) is -2.60. The Hall–Kier alpha value is -1.51. The summed E-state index contributed by atoms with van der Waals surface area (Å²) in [6.45, 7) is -0.709. The van der Waals surface area contributed by atoms with E-state index in [0.29, 0.717) is 0 Å². The summed E-state index contributed by atoms with van der Waals surface area (Å²) < 4.78 is 42.6. The Bertz CT molecular complexity index is 529. The lowest BCUT2D eigenvalue weighted by molar-refractivity contribution is -0.137. The second kappa shape index (κ2) is 6.60. The van der Waals surface area contributed by atoms with Gasteiger partial charge in [0, 0.05) is 13.7 Å². The predicted molar refractivity (Wildman–Crippen MR) is 64.7 cm³/mol. The summed E-state index contributed by atoms with van der Waals surface area (Å²) in [6, 6.07) is 4.18. The number of hydrogen-bond donors (Lipinski definition) is 1. The van der Waals surface area contributed by atoms with Crippen LogP contribution in [0.2, 0.25) is 0 Å². The number of sulfonamides is 1. The average Bonchev–Trinajstić information content (AvgIpc) is 2.34. The fraction of sp³-hybridized carbons (Fsp3) is 0.364. The summed E-state index contributed by atoms with van der Waals surface area (Å²) in [5, 5.41) is 8.73. The molecule has 0 atom stereocenters. The van der Waals surface area contributed by atoms with Crippen LogP contribution in [0.25, 0.3) is 0 Å². The van der Waals surface area contributed by atoms with Gasteiger partial charge < -0.3 is 9.84 Å². The highest BCUT2D eigenvalue weighted by Gasteiger charge is 2.26. The number of nitrogens with zero attached hydrogens (tertiary/aromatic N) is 1. The van der Waals surface area contributed by atoms with Gasteiger partial charge in [0.2, 0.25) is 10.0 Å². The van der Waals surface area contributed by atoms with Crippen molar-refractivity contribution in [1.29, 1.82) is 0 Å². The maximum absolute atomic E-state index is 12.8. The monoisotopic (exact) mass is 291 g/mol. The molecule has 0 fully saturated rings. The van der Waals surface area contributed by atoms with E-state index in [4.69, 9.17) is 9.84 Å². The van der Waals surface area contributed by atoms with Gasteiger partial charge in [0.15, 0.2) is 0 Å². The smallest absolute Gasteiger partial charge is 0.318 e. The van der Waals surface area contributed by atoms with Crippen LogP contribution in [-0.2, 0) is 19.6 Å². The topological polar surface area (TPSA) is 83.9 Å². The van der Waals surface area contributed by atoms with E-state index in [2.05, 4.69) is 0 Å². The van der Waals surface area contributed by atoms with E-state index in [0.717, 1.165) is 28.6 Å². The molecule has 0 spiro atoms. The molecule has 0 aliphatic carbocycles. The third-order valence-electron chi connectivity index (χ3n) is 2.31. The van der Waals surface area contributed by atoms with Crippen LogP contribution in [0.1, 0.15) is 0 Å². The van der Waals surface area contributed by atoms with Crippen LogP contribution >= 0.6 is 0 Å². The van der Waals surface area contributed by atoms with Crippen molar-refractivity contribution < 1.29 is 27.4 Å². The molecule has 0 heterocycles. The van der Waals surface area contributed by atoms with Gasteiger partial charge in [-0.3, -0.25) is 4.79 Å². The second-order valence-corrected chi connectivity index (χ2v) is 5.62. The zero-order valence-corrected chi connectivity index (χ0v) is 11.1. The predicted octanol–water partition coefficient (Wildman–Crippen LogP) is 0.547. The van der Waals surface area contributed by atoms with Crippen molar-refractivity contribution >= 4 is 16.0 Å². The molecule has 0 unspecified atom stereocenters. The highest BCUT2D eigenvalue weighted by atomic mass is 32.2. The van der Waals surface area contributed by atoms with E-state index >= 15 is 0 Å². The lowest BCUT2D eigenvalue weighted by atomic mass is 10.4. The van der Waals surface area contributed by atoms with Crippen molar-refractivity contribution in [2.45, 2.75) is 4.90 Å². The van der Waals surface area contributed by atoms with Crippen molar-refractivity contribution in [2.24, 2.45) is 0 Å². The molecule has 0 amide bonds. The molecule has 0 aliphatic rings. The molecule has 0 aliphatic heterocycles. The fourth-order valence-electron chi connectivity index (χ4n) is 1.38. The van der Waals surface area contributed by atoms with E-state index in [1.807, 2.05) is 0 Å². The maximum Gasteiger partial charge on any atom is 0.318 e. The molecule has 0 saturated carbocycles. The Morgan fingerprint density at radius 3 is 2.42 bits per heavy atom. The quantitative estimate of drug-likeness (QED) is 0.793. The second-order valence-electron chi connectivity index (χ2n) is 3.68. The van der Waals surface area contributed by atoms with Crippen molar-refractivity contribution in [3.8, 4) is 0 Å². The molecule has 19 heavy (non-hydrogen) atoms. The highest BCUT2D eigenvalue weighted by molar-refractivity contribution is 7.89. The number of carbonyl (C=O) groups is 1. The Morgan fingerprint density at radius 1 is 1.37 bits per heavy atom. The molecule has 1 rings (SSSR count). The summed E-state index contributed by atoms with van der Waals surface area (Å²) in [6.07, 6.45) is 0. The van der Waals surface area contributed by atoms with Crippen molar-refractivity contribution in [1.82, 2.24) is 4.31 Å². The molecule has 1 aromatic carbocycles. The molecule has 0 radical (unpaired) electrons. The molecule has 8 heteroatoms. The number of halogens is 1. The first kappa shape index (κ1) is 15.5. The van der Waals surface area contributed by atoms with Crippen molar-refractivity contribution in [3.05, 3.63) is 30.1 Å². The van der Waals surface area contributed by atoms with E-state index in [1.54, 1.807) is 0 Å². The van der Waals surface area contributed by atoms with Crippen LogP contribution in [0.15, 0.2) is 29.2 Å². The molecular formula is C11H14FNO5S. The fourth-order valence-corrected chi connectivity index (χ4v) is 2.76. The molecule has 6 nitrogen and oxygen atoms in total. The van der Waals surface area contributed by atoms with Crippen LogP contribution in [0.4, 0.5) is 4.39 Å². The maximum atomic E-state index is 12.8. The van der Waals surface area contributed by atoms with E-state index in [-0.39, 0.29) is 18.0 Å². The lowest BCUT2D eigenvalue weighted by Gasteiger charge is -2.19. The van der Waals surface area contributed by atoms with Gasteiger partial charge in [0.1, 0.15) is 12.4 Å². The highest BCUT2D eigenvalue weighted by Crippen LogP contribution is 2.15. The zero-order valence-electron chi connectivity index (χ0n) is 10.2. The van der Waals surface area contributed by atoms with Crippen LogP contribution < -0.4 is 0 Å². The molecule has 1 N–H and O–H groups in total. The number of carboxylic acids is 1. The number of benzene rings is 1. The van der Waals surface area contributed by atoms with Crippen LogP contribution in [0, 0.1) is 5.82 Å². The SMILES string of the molecule is COCCN(CC(=O)O)S(=O)(=O)c1ccc(F)cc1. The normalized spacial score (nSPS) is 11.7. The van der Waals surface area contributed by atoms with E-state index in [9.17, 15) is 17.6 Å². The van der Waals surface area contributed by atoms with Gasteiger partial charge >= 0.3 is 5.97 Å². The zero-order chi connectivity index (χ0) is 14.5. The van der Waals surface area contributed by atoms with Gasteiger partial charge in [-0.15, -0.1) is 0 Å². The van der Waals surface area contributed by atoms with Crippen LogP contribution in [0.5, 0.6) is 0 Å². The molecule has 0 saturated heterocycles. The average molecular weight is 291 g/mol. The molecule has 0 bridgehead atoms. The van der Waals surface area contributed by atoms with Gasteiger partial charge in [0.05, 0.1) is 11.5 Å². The largest absolute Gasteiger partial charge is 0.480 e. The number of carboxylic acid groups (broad SMARTS) is 1. The molecule has 106 valence electrons. The molecule has 1 aromatic rings. The lowest BCUT2D eigenvalue weighted by Crippen LogP contribution is -2.37. The van der Waals surface area contributed by atoms with Gasteiger partial charge in [-0.1, -0.05) is 0 Å². The van der Waals surface area contributed by atoms with Crippen LogP contribution in [0.3, 0.4) is 0 Å². The van der Waals surface area contributed by atoms with Gasteiger partial charge in [-0.2, -0.15) is 4.31 Å².